The first-order valence-electron chi connectivity index (χ1n) is 8.06. The van der Waals surface area contributed by atoms with Crippen molar-refractivity contribution in [3.05, 3.63) is 70.2 Å². The molecule has 0 radical (unpaired) electrons. The number of halogens is 1. The standard InChI is InChI=1S/C19H18BrN3OS/c1-2-17-18(24)23(13-15-6-4-3-5-7-15)19(25-17)22-21-12-14-8-10-16(20)11-9-14/h3-12,17H,2,13H2,1H3/b21-12-,22-19-/t17-/m0/s1. The van der Waals surface area contributed by atoms with E-state index in [1.165, 1.54) is 11.8 Å². The molecule has 0 spiro atoms. The molecule has 1 amide bonds. The van der Waals surface area contributed by atoms with Gasteiger partial charge in [0.1, 0.15) is 0 Å². The molecule has 1 atom stereocenters. The van der Waals surface area contributed by atoms with Gasteiger partial charge < -0.3 is 0 Å². The summed E-state index contributed by atoms with van der Waals surface area (Å²) < 4.78 is 1.02. The van der Waals surface area contributed by atoms with E-state index in [1.807, 2.05) is 61.5 Å². The number of benzene rings is 2. The molecule has 0 unspecified atom stereocenters. The zero-order chi connectivity index (χ0) is 17.6. The third-order valence-electron chi connectivity index (χ3n) is 3.79. The van der Waals surface area contributed by atoms with Crippen LogP contribution in [0.4, 0.5) is 0 Å². The lowest BCUT2D eigenvalue weighted by Gasteiger charge is -2.15. The molecule has 0 saturated carbocycles. The lowest BCUT2D eigenvalue weighted by molar-refractivity contribution is -0.126. The van der Waals surface area contributed by atoms with Crippen LogP contribution in [0.3, 0.4) is 0 Å². The van der Waals surface area contributed by atoms with Crippen LogP contribution in [0, 0.1) is 0 Å². The number of thioether (sulfide) groups is 1. The van der Waals surface area contributed by atoms with Gasteiger partial charge in [-0.15, -0.1) is 5.10 Å². The Hall–Kier alpha value is -1.92. The summed E-state index contributed by atoms with van der Waals surface area (Å²) >= 11 is 4.90. The molecule has 0 N–H and O–H groups in total. The summed E-state index contributed by atoms with van der Waals surface area (Å²) in [4.78, 5) is 14.3. The number of hydrogen-bond acceptors (Lipinski definition) is 4. The summed E-state index contributed by atoms with van der Waals surface area (Å²) in [5.74, 6) is 0.106. The van der Waals surface area contributed by atoms with Crippen LogP contribution in [-0.4, -0.2) is 27.4 Å². The van der Waals surface area contributed by atoms with Gasteiger partial charge in [0.25, 0.3) is 0 Å². The molecule has 0 bridgehead atoms. The third-order valence-corrected chi connectivity index (χ3v) is 5.66. The molecule has 1 aliphatic heterocycles. The quantitative estimate of drug-likeness (QED) is 0.524. The van der Waals surface area contributed by atoms with Crippen LogP contribution < -0.4 is 0 Å². The third kappa shape index (κ3) is 4.58. The molecule has 1 saturated heterocycles. The Labute approximate surface area is 160 Å². The molecule has 6 heteroatoms. The van der Waals surface area contributed by atoms with Gasteiger partial charge in [-0.3, -0.25) is 9.69 Å². The zero-order valence-corrected chi connectivity index (χ0v) is 16.2. The van der Waals surface area contributed by atoms with Crippen molar-refractivity contribution >= 4 is 45.0 Å². The Balaban J connectivity index is 1.78. The Bertz CT molecular complexity index is 790. The first-order chi connectivity index (χ1) is 12.2. The Morgan fingerprint density at radius 1 is 1.16 bits per heavy atom. The van der Waals surface area contributed by atoms with E-state index in [0.29, 0.717) is 11.7 Å². The molecule has 3 rings (SSSR count). The van der Waals surface area contributed by atoms with E-state index in [0.717, 1.165) is 22.0 Å². The van der Waals surface area contributed by atoms with Crippen molar-refractivity contribution in [2.24, 2.45) is 10.2 Å². The first-order valence-corrected chi connectivity index (χ1v) is 9.73. The van der Waals surface area contributed by atoms with Crippen LogP contribution in [-0.2, 0) is 11.3 Å². The molecular formula is C19H18BrN3OS. The van der Waals surface area contributed by atoms with E-state index in [4.69, 9.17) is 0 Å². The summed E-state index contributed by atoms with van der Waals surface area (Å²) in [6.45, 7) is 2.54. The van der Waals surface area contributed by atoms with Crippen LogP contribution in [0.25, 0.3) is 0 Å². The highest BCUT2D eigenvalue weighted by molar-refractivity contribution is 9.10. The van der Waals surface area contributed by atoms with E-state index in [1.54, 1.807) is 11.1 Å². The van der Waals surface area contributed by atoms with Crippen LogP contribution in [0.1, 0.15) is 24.5 Å². The molecule has 0 aromatic heterocycles. The van der Waals surface area contributed by atoms with Crippen LogP contribution in [0.5, 0.6) is 0 Å². The van der Waals surface area contributed by atoms with Crippen LogP contribution >= 0.6 is 27.7 Å². The lowest BCUT2D eigenvalue weighted by atomic mass is 10.2. The number of nitrogens with zero attached hydrogens (tertiary/aromatic N) is 3. The SMILES string of the molecule is CC[C@@H]1S/C(=N\N=C/c2ccc(Br)cc2)N(Cc2ccccc2)C1=O. The number of hydrogen-bond donors (Lipinski definition) is 0. The fourth-order valence-electron chi connectivity index (χ4n) is 2.45. The van der Waals surface area contributed by atoms with Crippen molar-refractivity contribution < 1.29 is 4.79 Å². The van der Waals surface area contributed by atoms with Gasteiger partial charge >= 0.3 is 0 Å². The van der Waals surface area contributed by atoms with Gasteiger partial charge in [0.05, 0.1) is 18.0 Å². The minimum Gasteiger partial charge on any atom is -0.284 e. The highest BCUT2D eigenvalue weighted by Gasteiger charge is 2.36. The smallest absolute Gasteiger partial charge is 0.242 e. The summed E-state index contributed by atoms with van der Waals surface area (Å²) in [5.41, 5.74) is 2.04. The molecule has 25 heavy (non-hydrogen) atoms. The second-order valence-corrected chi connectivity index (χ2v) is 7.69. The number of amidine groups is 1. The molecule has 0 aliphatic carbocycles. The van der Waals surface area contributed by atoms with Crippen LogP contribution in [0.15, 0.2) is 69.3 Å². The molecule has 2 aromatic carbocycles. The molecule has 4 nitrogen and oxygen atoms in total. The zero-order valence-electron chi connectivity index (χ0n) is 13.8. The number of rotatable bonds is 5. The van der Waals surface area contributed by atoms with Crippen molar-refractivity contribution in [2.75, 3.05) is 0 Å². The first kappa shape index (κ1) is 17.9. The van der Waals surface area contributed by atoms with Gasteiger partial charge in [0, 0.05) is 4.47 Å². The molecule has 1 aliphatic rings. The topological polar surface area (TPSA) is 45.0 Å². The minimum absolute atomic E-state index is 0.0784. The van der Waals surface area contributed by atoms with Crippen molar-refractivity contribution in [2.45, 2.75) is 25.1 Å². The van der Waals surface area contributed by atoms with E-state index in [2.05, 4.69) is 26.1 Å². The number of carbonyl (C=O) groups is 1. The molecule has 2 aromatic rings. The van der Waals surface area contributed by atoms with Gasteiger partial charge in [-0.2, -0.15) is 5.10 Å². The van der Waals surface area contributed by atoms with Gasteiger partial charge in [-0.05, 0) is 29.7 Å². The summed E-state index contributed by atoms with van der Waals surface area (Å²) in [6.07, 6.45) is 2.48. The maximum absolute atomic E-state index is 12.6. The average Bonchev–Trinajstić information content (AvgIpc) is 2.93. The highest BCUT2D eigenvalue weighted by Crippen LogP contribution is 2.30. The van der Waals surface area contributed by atoms with Crippen molar-refractivity contribution in [3.63, 3.8) is 0 Å². The van der Waals surface area contributed by atoms with E-state index in [-0.39, 0.29) is 11.2 Å². The summed E-state index contributed by atoms with van der Waals surface area (Å²) in [6, 6.07) is 17.8. The van der Waals surface area contributed by atoms with Crippen LogP contribution in [0.2, 0.25) is 0 Å². The van der Waals surface area contributed by atoms with Gasteiger partial charge in [-0.1, -0.05) is 77.1 Å². The van der Waals surface area contributed by atoms with E-state index < -0.39 is 0 Å². The normalized spacial score (nSPS) is 19.3. The molecular weight excluding hydrogens is 398 g/mol. The fraction of sp³-hybridized carbons (Fsp3) is 0.211. The maximum atomic E-state index is 12.6. The summed E-state index contributed by atoms with van der Waals surface area (Å²) in [7, 11) is 0. The molecule has 1 fully saturated rings. The number of carbonyl (C=O) groups excluding carboxylic acids is 1. The Morgan fingerprint density at radius 3 is 2.56 bits per heavy atom. The van der Waals surface area contributed by atoms with Gasteiger partial charge in [0.15, 0.2) is 5.17 Å². The maximum Gasteiger partial charge on any atom is 0.242 e. The average molecular weight is 416 g/mol. The number of amides is 1. The van der Waals surface area contributed by atoms with E-state index in [9.17, 15) is 4.79 Å². The minimum atomic E-state index is -0.0784. The Morgan fingerprint density at radius 2 is 1.88 bits per heavy atom. The fourth-order valence-corrected chi connectivity index (χ4v) is 3.74. The summed E-state index contributed by atoms with van der Waals surface area (Å²) in [5, 5.41) is 9.07. The second kappa shape index (κ2) is 8.45. The molecule has 1 heterocycles. The predicted octanol–water partition coefficient (Wildman–Crippen LogP) is 4.69. The highest BCUT2D eigenvalue weighted by atomic mass is 79.9. The molecule has 128 valence electrons. The van der Waals surface area contributed by atoms with Crippen molar-refractivity contribution in [3.8, 4) is 0 Å². The van der Waals surface area contributed by atoms with Gasteiger partial charge in [0.2, 0.25) is 5.91 Å². The largest absolute Gasteiger partial charge is 0.284 e. The van der Waals surface area contributed by atoms with Crippen molar-refractivity contribution in [1.82, 2.24) is 4.90 Å². The van der Waals surface area contributed by atoms with Gasteiger partial charge in [-0.25, -0.2) is 0 Å². The predicted molar refractivity (Wildman–Crippen MR) is 108 cm³/mol. The lowest BCUT2D eigenvalue weighted by Crippen LogP contribution is -2.31. The monoisotopic (exact) mass is 415 g/mol. The second-order valence-electron chi connectivity index (χ2n) is 5.60. The van der Waals surface area contributed by atoms with E-state index >= 15 is 0 Å². The Kier molecular flexibility index (Phi) is 6.04. The van der Waals surface area contributed by atoms with Crippen molar-refractivity contribution in [1.29, 1.82) is 0 Å².